The van der Waals surface area contributed by atoms with Gasteiger partial charge in [-0.25, -0.2) is 4.98 Å². The second-order valence-electron chi connectivity index (χ2n) is 8.61. The molecule has 2 aromatic heterocycles. The molecule has 0 spiro atoms. The third kappa shape index (κ3) is 4.29. The molecule has 28 heavy (non-hydrogen) atoms. The summed E-state index contributed by atoms with van der Waals surface area (Å²) in [6.45, 7) is 10.2. The second kappa shape index (κ2) is 8.47. The van der Waals surface area contributed by atoms with Gasteiger partial charge in [-0.1, -0.05) is 13.8 Å². The Bertz CT molecular complexity index is 788. The molecular formula is C21H32N6O. The lowest BCUT2D eigenvalue weighted by atomic mass is 9.97. The van der Waals surface area contributed by atoms with Crippen molar-refractivity contribution in [2.75, 3.05) is 32.7 Å². The van der Waals surface area contributed by atoms with E-state index >= 15 is 0 Å². The first-order chi connectivity index (χ1) is 13.6. The lowest BCUT2D eigenvalue weighted by molar-refractivity contribution is 0.0642. The fraction of sp³-hybridized carbons (Fsp3) is 0.667. The van der Waals surface area contributed by atoms with Gasteiger partial charge in [-0.05, 0) is 50.8 Å². The van der Waals surface area contributed by atoms with Crippen LogP contribution in [-0.2, 0) is 6.54 Å². The maximum Gasteiger partial charge on any atom is 0.274 e. The molecule has 1 N–H and O–H groups in total. The Labute approximate surface area is 167 Å². The Morgan fingerprint density at radius 3 is 2.86 bits per heavy atom. The van der Waals surface area contributed by atoms with Gasteiger partial charge in [0.2, 0.25) is 0 Å². The topological polar surface area (TPSA) is 70.1 Å². The van der Waals surface area contributed by atoms with Crippen LogP contribution in [-0.4, -0.2) is 68.2 Å². The molecule has 2 aliphatic rings. The van der Waals surface area contributed by atoms with E-state index in [4.69, 9.17) is 0 Å². The molecule has 7 nitrogen and oxygen atoms in total. The molecule has 1 unspecified atom stereocenters. The minimum atomic E-state index is 0.0586. The smallest absolute Gasteiger partial charge is 0.274 e. The molecule has 2 aromatic rings. The van der Waals surface area contributed by atoms with Gasteiger partial charge in [-0.15, -0.1) is 0 Å². The Morgan fingerprint density at radius 2 is 2.07 bits per heavy atom. The number of amides is 1. The molecule has 4 heterocycles. The van der Waals surface area contributed by atoms with Gasteiger partial charge in [-0.3, -0.25) is 9.89 Å². The molecule has 2 saturated heterocycles. The Kier molecular flexibility index (Phi) is 5.80. The monoisotopic (exact) mass is 384 g/mol. The second-order valence-corrected chi connectivity index (χ2v) is 8.61. The number of hydrogen-bond donors (Lipinski definition) is 1. The molecule has 0 aromatic carbocycles. The number of aromatic nitrogens is 4. The van der Waals surface area contributed by atoms with Gasteiger partial charge in [0.1, 0.15) is 11.5 Å². The van der Waals surface area contributed by atoms with Crippen LogP contribution in [0.3, 0.4) is 0 Å². The van der Waals surface area contributed by atoms with Crippen LogP contribution < -0.4 is 0 Å². The first-order valence-electron chi connectivity index (χ1n) is 10.7. The molecular weight excluding hydrogens is 352 g/mol. The molecule has 0 saturated carbocycles. The average Bonchev–Trinajstić information content (AvgIpc) is 3.43. The first kappa shape index (κ1) is 19.2. The van der Waals surface area contributed by atoms with Crippen LogP contribution in [0.5, 0.6) is 0 Å². The van der Waals surface area contributed by atoms with E-state index in [2.05, 4.69) is 38.5 Å². The Balaban J connectivity index is 1.37. The van der Waals surface area contributed by atoms with Gasteiger partial charge in [0, 0.05) is 37.9 Å². The van der Waals surface area contributed by atoms with Crippen LogP contribution in [0.25, 0.3) is 0 Å². The lowest BCUT2D eigenvalue weighted by Gasteiger charge is -2.34. The van der Waals surface area contributed by atoms with Gasteiger partial charge in [0.25, 0.3) is 5.91 Å². The molecule has 1 atom stereocenters. The minimum Gasteiger partial charge on any atom is -0.337 e. The van der Waals surface area contributed by atoms with Crippen molar-refractivity contribution in [1.29, 1.82) is 0 Å². The van der Waals surface area contributed by atoms with E-state index in [-0.39, 0.29) is 5.91 Å². The summed E-state index contributed by atoms with van der Waals surface area (Å²) in [5.41, 5.74) is 1.47. The predicted octanol–water partition coefficient (Wildman–Crippen LogP) is 2.73. The summed E-state index contributed by atoms with van der Waals surface area (Å²) < 4.78 is 2.11. The first-order valence-corrected chi connectivity index (χ1v) is 10.7. The summed E-state index contributed by atoms with van der Waals surface area (Å²) in [6.07, 6.45) is 8.76. The number of carbonyl (C=O) groups is 1. The Hall–Kier alpha value is -2.15. The fourth-order valence-corrected chi connectivity index (χ4v) is 4.58. The van der Waals surface area contributed by atoms with Crippen molar-refractivity contribution in [2.45, 2.75) is 52.0 Å². The summed E-state index contributed by atoms with van der Waals surface area (Å²) in [5, 5.41) is 7.36. The molecule has 0 bridgehead atoms. The van der Waals surface area contributed by atoms with E-state index in [1.807, 2.05) is 23.4 Å². The van der Waals surface area contributed by atoms with Gasteiger partial charge in [0.15, 0.2) is 0 Å². The highest BCUT2D eigenvalue weighted by Gasteiger charge is 2.27. The Morgan fingerprint density at radius 1 is 1.25 bits per heavy atom. The number of hydrogen-bond acceptors (Lipinski definition) is 4. The molecule has 0 aliphatic carbocycles. The van der Waals surface area contributed by atoms with Crippen LogP contribution >= 0.6 is 0 Å². The normalized spacial score (nSPS) is 21.0. The number of carbonyl (C=O) groups excluding carboxylic acids is 1. The van der Waals surface area contributed by atoms with Crippen molar-refractivity contribution in [3.63, 3.8) is 0 Å². The SMILES string of the molecule is CC(C)c1nccn1Cc1cc(C(=O)N2CCCC(CN3CCCC3)C2)n[nH]1. The maximum absolute atomic E-state index is 13.0. The van der Waals surface area contributed by atoms with Crippen LogP contribution in [0.1, 0.15) is 67.5 Å². The van der Waals surface area contributed by atoms with E-state index in [9.17, 15) is 4.79 Å². The van der Waals surface area contributed by atoms with Crippen LogP contribution in [0.15, 0.2) is 18.5 Å². The zero-order valence-corrected chi connectivity index (χ0v) is 17.1. The minimum absolute atomic E-state index is 0.0586. The van der Waals surface area contributed by atoms with Gasteiger partial charge >= 0.3 is 0 Å². The van der Waals surface area contributed by atoms with Gasteiger partial charge < -0.3 is 14.4 Å². The van der Waals surface area contributed by atoms with Crippen LogP contribution in [0, 0.1) is 5.92 Å². The number of H-pyrrole nitrogens is 1. The highest BCUT2D eigenvalue weighted by atomic mass is 16.2. The number of nitrogens with one attached hydrogen (secondary N) is 1. The number of piperidine rings is 1. The van der Waals surface area contributed by atoms with Gasteiger partial charge in [-0.2, -0.15) is 5.10 Å². The van der Waals surface area contributed by atoms with E-state index in [1.165, 1.54) is 32.4 Å². The number of rotatable bonds is 6. The number of aromatic amines is 1. The third-order valence-electron chi connectivity index (χ3n) is 5.98. The zero-order chi connectivity index (χ0) is 19.5. The van der Waals surface area contributed by atoms with Crippen molar-refractivity contribution in [1.82, 2.24) is 29.5 Å². The maximum atomic E-state index is 13.0. The molecule has 4 rings (SSSR count). The fourth-order valence-electron chi connectivity index (χ4n) is 4.58. The van der Waals surface area contributed by atoms with E-state index in [0.717, 1.165) is 37.6 Å². The summed E-state index contributed by atoms with van der Waals surface area (Å²) >= 11 is 0. The molecule has 2 aliphatic heterocycles. The summed E-state index contributed by atoms with van der Waals surface area (Å²) in [4.78, 5) is 22.0. The number of imidazole rings is 1. The number of nitrogens with zero attached hydrogens (tertiary/aromatic N) is 5. The van der Waals surface area contributed by atoms with Crippen molar-refractivity contribution >= 4 is 5.91 Å². The zero-order valence-electron chi connectivity index (χ0n) is 17.1. The summed E-state index contributed by atoms with van der Waals surface area (Å²) in [7, 11) is 0. The quantitative estimate of drug-likeness (QED) is 0.831. The average molecular weight is 385 g/mol. The standard InChI is InChI=1S/C21H32N6O/c1-16(2)20-22-7-11-26(20)15-18-12-19(24-23-18)21(28)27-10-5-6-17(14-27)13-25-8-3-4-9-25/h7,11-12,16-17H,3-6,8-10,13-15H2,1-2H3,(H,23,24). The van der Waals surface area contributed by atoms with Crippen molar-refractivity contribution in [3.05, 3.63) is 35.7 Å². The molecule has 0 radical (unpaired) electrons. The predicted molar refractivity (Wildman–Crippen MR) is 108 cm³/mol. The van der Waals surface area contributed by atoms with Gasteiger partial charge in [0.05, 0.1) is 12.2 Å². The van der Waals surface area contributed by atoms with Crippen LogP contribution in [0.2, 0.25) is 0 Å². The van der Waals surface area contributed by atoms with Crippen molar-refractivity contribution in [2.24, 2.45) is 5.92 Å². The molecule has 7 heteroatoms. The van der Waals surface area contributed by atoms with E-state index in [1.54, 1.807) is 0 Å². The van der Waals surface area contributed by atoms with E-state index in [0.29, 0.717) is 24.1 Å². The third-order valence-corrected chi connectivity index (χ3v) is 5.98. The largest absolute Gasteiger partial charge is 0.337 e. The summed E-state index contributed by atoms with van der Waals surface area (Å²) in [6, 6.07) is 1.90. The molecule has 2 fully saturated rings. The van der Waals surface area contributed by atoms with Crippen LogP contribution in [0.4, 0.5) is 0 Å². The highest BCUT2D eigenvalue weighted by Crippen LogP contribution is 2.21. The number of likely N-dealkylation sites (tertiary alicyclic amines) is 2. The summed E-state index contributed by atoms with van der Waals surface area (Å²) in [5.74, 6) is 2.06. The van der Waals surface area contributed by atoms with Crippen molar-refractivity contribution < 1.29 is 4.79 Å². The molecule has 1 amide bonds. The lowest BCUT2D eigenvalue weighted by Crippen LogP contribution is -2.43. The molecule has 152 valence electrons. The van der Waals surface area contributed by atoms with Crippen molar-refractivity contribution in [3.8, 4) is 0 Å². The highest BCUT2D eigenvalue weighted by molar-refractivity contribution is 5.92. The van der Waals surface area contributed by atoms with E-state index < -0.39 is 0 Å².